The molecule has 0 saturated carbocycles. The molecule has 166 valence electrons. The quantitative estimate of drug-likeness (QED) is 0.418. The molecule has 31 heavy (non-hydrogen) atoms. The number of rotatable bonds is 4. The van der Waals surface area contributed by atoms with E-state index in [0.717, 1.165) is 0 Å². The molecule has 0 spiro atoms. The van der Waals surface area contributed by atoms with Gasteiger partial charge in [0.15, 0.2) is 0 Å². The molecule has 0 amide bonds. The highest BCUT2D eigenvalue weighted by Crippen LogP contribution is 2.46. The second-order valence-electron chi connectivity index (χ2n) is 6.83. The minimum Gasteiger partial charge on any atom is -0.465 e. The maximum Gasteiger partial charge on any atom is 0.416 e. The highest BCUT2D eigenvalue weighted by molar-refractivity contribution is 6.30. The Kier molecular flexibility index (Phi) is 5.96. The molecule has 1 aliphatic rings. The van der Waals surface area contributed by atoms with Gasteiger partial charge in [0.25, 0.3) is 6.43 Å². The summed E-state index contributed by atoms with van der Waals surface area (Å²) in [6.07, 6.45) is -9.10. The number of hydrogen-bond donors (Lipinski definition) is 0. The molecule has 11 heteroatoms. The van der Waals surface area contributed by atoms with Crippen LogP contribution in [0, 0.1) is 12.7 Å². The number of aryl methyl sites for hydroxylation is 1. The van der Waals surface area contributed by atoms with Crippen molar-refractivity contribution >= 4 is 23.3 Å². The van der Waals surface area contributed by atoms with Gasteiger partial charge in [0, 0.05) is 12.0 Å². The van der Waals surface area contributed by atoms with Gasteiger partial charge in [-0.25, -0.2) is 18.0 Å². The number of ether oxygens (including phenoxy) is 1. The van der Waals surface area contributed by atoms with Crippen molar-refractivity contribution in [3.05, 3.63) is 69.0 Å². The minimum atomic E-state index is -4.95. The minimum absolute atomic E-state index is 0.0623. The lowest BCUT2D eigenvalue weighted by molar-refractivity contribution is -0.140. The first-order chi connectivity index (χ1) is 14.4. The number of esters is 1. The summed E-state index contributed by atoms with van der Waals surface area (Å²) in [5.41, 5.74) is -4.39. The summed E-state index contributed by atoms with van der Waals surface area (Å²) in [7, 11) is 1.19. The van der Waals surface area contributed by atoms with Gasteiger partial charge in [-0.15, -0.1) is 0 Å². The Bertz CT molecular complexity index is 1070. The van der Waals surface area contributed by atoms with Gasteiger partial charge in [0.05, 0.1) is 29.0 Å². The number of carbonyl (C=O) groups is 1. The maximum absolute atomic E-state index is 14.6. The zero-order chi connectivity index (χ0) is 23.1. The van der Waals surface area contributed by atoms with Gasteiger partial charge in [-0.1, -0.05) is 22.8 Å². The van der Waals surface area contributed by atoms with Crippen LogP contribution in [0.3, 0.4) is 0 Å². The molecule has 1 heterocycles. The predicted octanol–water partition coefficient (Wildman–Crippen LogP) is 5.88. The summed E-state index contributed by atoms with van der Waals surface area (Å²) in [6, 6.07) is 4.77. The van der Waals surface area contributed by atoms with Gasteiger partial charge in [-0.3, -0.25) is 0 Å². The van der Waals surface area contributed by atoms with E-state index < -0.39 is 52.6 Å². The summed E-state index contributed by atoms with van der Waals surface area (Å²) >= 11 is 5.55. The fourth-order valence-electron chi connectivity index (χ4n) is 3.23. The van der Waals surface area contributed by atoms with Crippen molar-refractivity contribution in [3.63, 3.8) is 0 Å². The van der Waals surface area contributed by atoms with E-state index in [0.29, 0.717) is 11.6 Å². The monoisotopic (exact) mass is 465 g/mol. The Morgan fingerprint density at radius 2 is 1.94 bits per heavy atom. The zero-order valence-corrected chi connectivity index (χ0v) is 16.7. The van der Waals surface area contributed by atoms with Gasteiger partial charge < -0.3 is 9.57 Å². The zero-order valence-electron chi connectivity index (χ0n) is 16.0. The fraction of sp³-hybridized carbons (Fsp3) is 0.300. The highest BCUT2D eigenvalue weighted by Gasteiger charge is 2.52. The van der Waals surface area contributed by atoms with Crippen LogP contribution in [0.15, 0.2) is 35.5 Å². The van der Waals surface area contributed by atoms with Crippen molar-refractivity contribution in [3.8, 4) is 0 Å². The summed E-state index contributed by atoms with van der Waals surface area (Å²) in [6.45, 7) is 1.57. The summed E-state index contributed by atoms with van der Waals surface area (Å²) in [4.78, 5) is 16.6. The van der Waals surface area contributed by atoms with Crippen LogP contribution >= 0.6 is 11.6 Å². The number of methoxy groups -OCH3 is 1. The average Bonchev–Trinajstić information content (AvgIpc) is 3.15. The van der Waals surface area contributed by atoms with Crippen molar-refractivity contribution in [2.75, 3.05) is 7.11 Å². The third kappa shape index (κ3) is 4.08. The molecule has 0 bridgehead atoms. The third-order valence-corrected chi connectivity index (χ3v) is 5.15. The molecular weight excluding hydrogens is 452 g/mol. The third-order valence-electron chi connectivity index (χ3n) is 4.88. The molecule has 0 saturated heterocycles. The smallest absolute Gasteiger partial charge is 0.416 e. The number of nitrogens with zero attached hydrogens (tertiary/aromatic N) is 1. The number of benzene rings is 2. The lowest BCUT2D eigenvalue weighted by Gasteiger charge is -2.27. The molecule has 0 radical (unpaired) electrons. The topological polar surface area (TPSA) is 47.9 Å². The van der Waals surface area contributed by atoms with E-state index in [2.05, 4.69) is 9.89 Å². The Morgan fingerprint density at radius 1 is 1.26 bits per heavy atom. The molecule has 2 aromatic carbocycles. The van der Waals surface area contributed by atoms with E-state index in [4.69, 9.17) is 16.4 Å². The average molecular weight is 466 g/mol. The van der Waals surface area contributed by atoms with Crippen LogP contribution in [0.25, 0.3) is 0 Å². The van der Waals surface area contributed by atoms with E-state index >= 15 is 0 Å². The Labute approximate surface area is 177 Å². The standard InChI is InChI=1S/C20H14ClF6NO3/c1-9-5-10(3-4-12(9)17(29)30-2)15-8-19(18(23)24,31-28-15)13-6-11(20(25,26)27)7-14(21)16(13)22/h3-7,18H,8H2,1-2H3. The van der Waals surface area contributed by atoms with Crippen molar-refractivity contribution < 1.29 is 40.7 Å². The molecule has 0 aromatic heterocycles. The molecule has 4 nitrogen and oxygen atoms in total. The van der Waals surface area contributed by atoms with Crippen LogP contribution < -0.4 is 0 Å². The molecule has 0 N–H and O–H groups in total. The first kappa shape index (κ1) is 22.9. The largest absolute Gasteiger partial charge is 0.465 e. The van der Waals surface area contributed by atoms with Crippen molar-refractivity contribution in [2.45, 2.75) is 31.5 Å². The van der Waals surface area contributed by atoms with Crippen LogP contribution in [0.1, 0.15) is 39.0 Å². The first-order valence-electron chi connectivity index (χ1n) is 8.70. The number of carbonyl (C=O) groups excluding carboxylic acids is 1. The van der Waals surface area contributed by atoms with Gasteiger partial charge in [-0.2, -0.15) is 13.2 Å². The van der Waals surface area contributed by atoms with Crippen LogP contribution in [0.4, 0.5) is 26.3 Å². The van der Waals surface area contributed by atoms with Gasteiger partial charge in [0.1, 0.15) is 5.82 Å². The first-order valence-corrected chi connectivity index (χ1v) is 9.07. The molecular formula is C20H14ClF6NO3. The van der Waals surface area contributed by atoms with Crippen LogP contribution in [0.2, 0.25) is 5.02 Å². The summed E-state index contributed by atoms with van der Waals surface area (Å²) in [5.74, 6) is -2.07. The Balaban J connectivity index is 2.04. The second-order valence-corrected chi connectivity index (χ2v) is 7.24. The van der Waals surface area contributed by atoms with Crippen molar-refractivity contribution in [2.24, 2.45) is 5.16 Å². The van der Waals surface area contributed by atoms with E-state index in [1.807, 2.05) is 0 Å². The Hall–Kier alpha value is -2.75. The number of hydrogen-bond acceptors (Lipinski definition) is 4. The van der Waals surface area contributed by atoms with Crippen LogP contribution in [-0.2, 0) is 21.4 Å². The van der Waals surface area contributed by atoms with E-state index in [1.54, 1.807) is 6.92 Å². The predicted molar refractivity (Wildman–Crippen MR) is 98.9 cm³/mol. The number of halogens is 7. The van der Waals surface area contributed by atoms with Crippen molar-refractivity contribution in [1.29, 1.82) is 0 Å². The number of alkyl halides is 5. The lowest BCUT2D eigenvalue weighted by Crippen LogP contribution is -2.36. The summed E-state index contributed by atoms with van der Waals surface area (Å²) in [5, 5.41) is 2.61. The molecule has 1 unspecified atom stereocenters. The fourth-order valence-corrected chi connectivity index (χ4v) is 3.45. The molecule has 3 rings (SSSR count). The lowest BCUT2D eigenvalue weighted by atomic mass is 9.86. The van der Waals surface area contributed by atoms with Crippen LogP contribution in [0.5, 0.6) is 0 Å². The molecule has 0 fully saturated rings. The SMILES string of the molecule is COC(=O)c1ccc(C2=NOC(c3cc(C(F)(F)F)cc(Cl)c3F)(C(F)F)C2)cc1C. The van der Waals surface area contributed by atoms with E-state index in [9.17, 15) is 31.1 Å². The number of oxime groups is 1. The van der Waals surface area contributed by atoms with E-state index in [-0.39, 0.29) is 22.9 Å². The molecule has 0 aliphatic carbocycles. The van der Waals surface area contributed by atoms with Gasteiger partial charge in [-0.05, 0) is 42.3 Å². The van der Waals surface area contributed by atoms with E-state index in [1.165, 1.54) is 25.3 Å². The summed E-state index contributed by atoms with van der Waals surface area (Å²) < 4.78 is 86.7. The molecule has 2 aromatic rings. The van der Waals surface area contributed by atoms with Crippen LogP contribution in [-0.4, -0.2) is 25.2 Å². The normalized spacial score (nSPS) is 18.7. The van der Waals surface area contributed by atoms with Crippen molar-refractivity contribution in [1.82, 2.24) is 0 Å². The highest BCUT2D eigenvalue weighted by atomic mass is 35.5. The molecule has 1 aliphatic heterocycles. The second kappa shape index (κ2) is 8.07. The van der Waals surface area contributed by atoms with Gasteiger partial charge >= 0.3 is 12.1 Å². The Morgan fingerprint density at radius 3 is 2.48 bits per heavy atom. The van der Waals surface area contributed by atoms with Gasteiger partial charge in [0.2, 0.25) is 5.60 Å². The molecule has 1 atom stereocenters. The maximum atomic E-state index is 14.6.